The van der Waals surface area contributed by atoms with E-state index in [-0.39, 0.29) is 34.0 Å². The third-order valence-corrected chi connectivity index (χ3v) is 11.7. The Morgan fingerprint density at radius 1 is 0.941 bits per heavy atom. The Kier molecular flexibility index (Phi) is 9.04. The van der Waals surface area contributed by atoms with Gasteiger partial charge in [-0.05, 0) is 115 Å². The minimum absolute atomic E-state index is 0.0590. The lowest BCUT2D eigenvalue weighted by atomic mass is 9.52. The highest BCUT2D eigenvalue weighted by atomic mass is 32.1. The van der Waals surface area contributed by atoms with Gasteiger partial charge in [-0.15, -0.1) is 11.3 Å². The van der Waals surface area contributed by atoms with Gasteiger partial charge in [0.2, 0.25) is 0 Å². The molecular weight excluding hydrogens is 661 g/mol. The number of nitrogens with two attached hydrogens (primary N) is 1. The molecule has 3 atom stereocenters. The van der Waals surface area contributed by atoms with E-state index in [9.17, 15) is 14.4 Å². The van der Waals surface area contributed by atoms with Crippen molar-refractivity contribution in [2.45, 2.75) is 78.3 Å². The molecule has 0 saturated heterocycles. The average Bonchev–Trinajstić information content (AvgIpc) is 3.47. The fourth-order valence-corrected chi connectivity index (χ4v) is 10.5. The van der Waals surface area contributed by atoms with Crippen LogP contribution in [0.25, 0.3) is 21.6 Å². The number of hydrogen-bond donors (Lipinski definition) is 3. The first-order valence-corrected chi connectivity index (χ1v) is 18.6. The third-order valence-electron chi connectivity index (χ3n) is 10.7. The molecule has 3 unspecified atom stereocenters. The molecule has 2 saturated carbocycles. The molecule has 0 spiro atoms. The number of aromatic nitrogens is 1. The van der Waals surface area contributed by atoms with Gasteiger partial charge >= 0.3 is 5.97 Å². The number of anilines is 1. The molecule has 4 N–H and O–H groups in total. The standard InChI is InChI=1S/C41H46N4O5S/c1-39(2)18-25-19-40(3,22-39)23-41(4,20-25)45-37(47)32-11-10-28(34(44-32)38(48)49-5)29-17-33-31(35-26(12-14-50-33)13-15-51-35)16-30(29)36(46)43-27-8-6-24(21-42)7-9-27/h6-11,13,15-17,25H,12,14,18-23,42H2,1-5H3,(H,43,46)(H,45,47). The van der Waals surface area contributed by atoms with Crippen molar-refractivity contribution in [2.75, 3.05) is 19.0 Å². The van der Waals surface area contributed by atoms with E-state index in [4.69, 9.17) is 15.2 Å². The van der Waals surface area contributed by atoms with Crippen molar-refractivity contribution in [1.29, 1.82) is 0 Å². The van der Waals surface area contributed by atoms with Crippen LogP contribution in [0.5, 0.6) is 5.75 Å². The molecule has 2 fully saturated rings. The van der Waals surface area contributed by atoms with Gasteiger partial charge in [0.05, 0.1) is 13.7 Å². The molecule has 9 nitrogen and oxygen atoms in total. The number of ether oxygens (including phenoxy) is 2. The highest BCUT2D eigenvalue weighted by Gasteiger charge is 2.50. The molecule has 2 aromatic carbocycles. The Balaban J connectivity index is 1.27. The summed E-state index contributed by atoms with van der Waals surface area (Å²) in [5.74, 6) is -0.303. The first-order chi connectivity index (χ1) is 24.3. The quantitative estimate of drug-likeness (QED) is 0.166. The number of rotatable bonds is 7. The smallest absolute Gasteiger partial charge is 0.357 e. The fourth-order valence-electron chi connectivity index (χ4n) is 9.52. The van der Waals surface area contributed by atoms with Crippen LogP contribution in [-0.4, -0.2) is 42.0 Å². The van der Waals surface area contributed by atoms with Gasteiger partial charge in [-0.2, -0.15) is 0 Å². The van der Waals surface area contributed by atoms with Gasteiger partial charge < -0.3 is 25.8 Å². The molecule has 2 bridgehead atoms. The van der Waals surface area contributed by atoms with E-state index in [0.29, 0.717) is 47.2 Å². The zero-order chi connectivity index (χ0) is 36.1. The highest BCUT2D eigenvalue weighted by Crippen LogP contribution is 2.57. The van der Waals surface area contributed by atoms with E-state index >= 15 is 0 Å². The monoisotopic (exact) mass is 706 g/mol. The number of hydrogen-bond acceptors (Lipinski definition) is 8. The lowest BCUT2D eigenvalue weighted by Crippen LogP contribution is -2.56. The summed E-state index contributed by atoms with van der Waals surface area (Å²) in [6, 6.07) is 16.3. The molecule has 3 heterocycles. The van der Waals surface area contributed by atoms with Crippen LogP contribution >= 0.6 is 11.3 Å². The predicted molar refractivity (Wildman–Crippen MR) is 200 cm³/mol. The molecule has 3 aliphatic rings. The topological polar surface area (TPSA) is 133 Å². The summed E-state index contributed by atoms with van der Waals surface area (Å²) in [5.41, 5.74) is 10.5. The van der Waals surface area contributed by atoms with Crippen molar-refractivity contribution >= 4 is 34.8 Å². The van der Waals surface area contributed by atoms with Crippen molar-refractivity contribution in [3.05, 3.63) is 88.1 Å². The second kappa shape index (κ2) is 13.2. The van der Waals surface area contributed by atoms with Crippen molar-refractivity contribution < 1.29 is 23.9 Å². The Hall–Kier alpha value is -4.54. The Bertz CT molecular complexity index is 2020. The summed E-state index contributed by atoms with van der Waals surface area (Å²) >= 11 is 1.59. The average molecular weight is 707 g/mol. The summed E-state index contributed by atoms with van der Waals surface area (Å²) in [6.45, 7) is 10.0. The number of thiophene rings is 1. The molecule has 2 amide bonds. The maximum Gasteiger partial charge on any atom is 0.357 e. The molecule has 2 aliphatic carbocycles. The summed E-state index contributed by atoms with van der Waals surface area (Å²) in [4.78, 5) is 47.1. The van der Waals surface area contributed by atoms with Crippen molar-refractivity contribution in [3.63, 3.8) is 0 Å². The maximum atomic E-state index is 14.1. The van der Waals surface area contributed by atoms with Crippen LogP contribution in [0.1, 0.15) is 102 Å². The normalized spacial score (nSPS) is 23.1. The summed E-state index contributed by atoms with van der Waals surface area (Å²) in [6.07, 6.45) is 5.94. The number of carbonyl (C=O) groups is 3. The van der Waals surface area contributed by atoms with Crippen LogP contribution < -0.4 is 21.1 Å². The molecule has 1 aliphatic heterocycles. The number of amides is 2. The van der Waals surface area contributed by atoms with Crippen LogP contribution in [0, 0.1) is 16.7 Å². The van der Waals surface area contributed by atoms with E-state index in [1.54, 1.807) is 41.7 Å². The van der Waals surface area contributed by atoms with Gasteiger partial charge in [-0.3, -0.25) is 9.59 Å². The SMILES string of the molecule is COC(=O)c1nc(C(=O)NC2(C)CC3CC(C)(C)CC(C)(C3)C2)ccc1-c1cc2c(cc1C(=O)Nc1ccc(CN)cc1)-c1sccc1CCO2. The molecule has 7 rings (SSSR count). The Morgan fingerprint density at radius 2 is 1.73 bits per heavy atom. The molecule has 4 aromatic rings. The van der Waals surface area contributed by atoms with Crippen LogP contribution in [0.4, 0.5) is 5.69 Å². The number of esters is 1. The number of carbonyl (C=O) groups excluding carboxylic acids is 3. The first-order valence-electron chi connectivity index (χ1n) is 17.7. The zero-order valence-corrected chi connectivity index (χ0v) is 30.8. The van der Waals surface area contributed by atoms with Crippen LogP contribution in [0.2, 0.25) is 0 Å². The zero-order valence-electron chi connectivity index (χ0n) is 30.0. The number of fused-ring (bicyclic) bond motifs is 5. The minimum Gasteiger partial charge on any atom is -0.493 e. The molecule has 266 valence electrons. The van der Waals surface area contributed by atoms with E-state index in [2.05, 4.69) is 49.4 Å². The third kappa shape index (κ3) is 7.04. The van der Waals surface area contributed by atoms with E-state index < -0.39 is 11.5 Å². The Labute approximate surface area is 303 Å². The van der Waals surface area contributed by atoms with Gasteiger partial charge in [0, 0.05) is 51.3 Å². The van der Waals surface area contributed by atoms with Crippen molar-refractivity contribution in [1.82, 2.24) is 10.3 Å². The molecule has 2 aromatic heterocycles. The largest absolute Gasteiger partial charge is 0.493 e. The summed E-state index contributed by atoms with van der Waals surface area (Å²) in [7, 11) is 1.28. The van der Waals surface area contributed by atoms with Gasteiger partial charge in [0.25, 0.3) is 11.8 Å². The van der Waals surface area contributed by atoms with Crippen LogP contribution in [0.3, 0.4) is 0 Å². The summed E-state index contributed by atoms with van der Waals surface area (Å²) in [5, 5.41) is 8.36. The maximum absolute atomic E-state index is 14.1. The van der Waals surface area contributed by atoms with Gasteiger partial charge in [-0.1, -0.05) is 32.9 Å². The Morgan fingerprint density at radius 3 is 2.45 bits per heavy atom. The van der Waals surface area contributed by atoms with E-state index in [1.165, 1.54) is 13.5 Å². The fraction of sp³-hybridized carbons (Fsp3) is 0.415. The van der Waals surface area contributed by atoms with Gasteiger partial charge in [-0.25, -0.2) is 9.78 Å². The minimum atomic E-state index is -0.715. The van der Waals surface area contributed by atoms with Crippen LogP contribution in [-0.2, 0) is 17.7 Å². The second-order valence-electron chi connectivity index (χ2n) is 16.0. The molecular formula is C41H46N4O5S. The van der Waals surface area contributed by atoms with Crippen molar-refractivity contribution in [2.24, 2.45) is 22.5 Å². The van der Waals surface area contributed by atoms with Gasteiger partial charge in [0.1, 0.15) is 11.4 Å². The number of pyridine rings is 1. The van der Waals surface area contributed by atoms with E-state index in [0.717, 1.165) is 53.7 Å². The number of nitrogens with zero attached hydrogens (tertiary/aromatic N) is 1. The van der Waals surface area contributed by atoms with E-state index in [1.807, 2.05) is 23.6 Å². The molecule has 51 heavy (non-hydrogen) atoms. The first kappa shape index (κ1) is 34.9. The van der Waals surface area contributed by atoms with Crippen LogP contribution in [0.15, 0.2) is 60.0 Å². The number of nitrogens with one attached hydrogen (secondary N) is 2. The lowest BCUT2D eigenvalue weighted by Gasteiger charge is -2.56. The molecule has 10 heteroatoms. The lowest BCUT2D eigenvalue weighted by molar-refractivity contribution is -0.0264. The number of benzene rings is 2. The number of methoxy groups -OCH3 is 1. The van der Waals surface area contributed by atoms with Gasteiger partial charge in [0.15, 0.2) is 5.69 Å². The highest BCUT2D eigenvalue weighted by molar-refractivity contribution is 7.13. The summed E-state index contributed by atoms with van der Waals surface area (Å²) < 4.78 is 11.4. The molecule has 0 radical (unpaired) electrons. The predicted octanol–water partition coefficient (Wildman–Crippen LogP) is 8.02. The second-order valence-corrected chi connectivity index (χ2v) is 16.9. The van der Waals surface area contributed by atoms with Crippen molar-refractivity contribution in [3.8, 4) is 27.3 Å².